The van der Waals surface area contributed by atoms with Gasteiger partial charge in [0.15, 0.2) is 0 Å². The standard InChI is InChI=1S/C15H16NO/c1-16(2)14-7-3-5-12(10-14)9-13-6-4-8-15(17)11-13/h3-6,8,10-11,17H,9H2,1-2H3. The maximum atomic E-state index is 9.42. The minimum Gasteiger partial charge on any atom is -0.508 e. The minimum absolute atomic E-state index is 0.317. The third-order valence-corrected chi connectivity index (χ3v) is 2.65. The van der Waals surface area contributed by atoms with Crippen molar-refractivity contribution in [2.24, 2.45) is 0 Å². The van der Waals surface area contributed by atoms with Crippen molar-refractivity contribution in [3.8, 4) is 5.75 Å². The molecule has 1 N–H and O–H groups in total. The number of hydrogen-bond donors (Lipinski definition) is 1. The summed E-state index contributed by atoms with van der Waals surface area (Å²) in [6.07, 6.45) is 0.823. The zero-order chi connectivity index (χ0) is 12.3. The summed E-state index contributed by atoms with van der Waals surface area (Å²) in [5.41, 5.74) is 3.40. The molecular formula is C15H16NO. The van der Waals surface area contributed by atoms with Gasteiger partial charge in [0.25, 0.3) is 0 Å². The molecule has 2 heteroatoms. The first-order valence-electron chi connectivity index (χ1n) is 5.61. The van der Waals surface area contributed by atoms with Gasteiger partial charge in [0.05, 0.1) is 0 Å². The van der Waals surface area contributed by atoms with Gasteiger partial charge in [-0.05, 0) is 35.7 Å². The first-order chi connectivity index (χ1) is 8.15. The van der Waals surface area contributed by atoms with E-state index in [2.05, 4.69) is 18.2 Å². The van der Waals surface area contributed by atoms with E-state index < -0.39 is 0 Å². The average molecular weight is 226 g/mol. The maximum Gasteiger partial charge on any atom is 0.115 e. The fourth-order valence-corrected chi connectivity index (χ4v) is 1.77. The molecule has 2 rings (SSSR count). The predicted molar refractivity (Wildman–Crippen MR) is 70.5 cm³/mol. The highest BCUT2D eigenvalue weighted by molar-refractivity contribution is 5.47. The van der Waals surface area contributed by atoms with Crippen molar-refractivity contribution >= 4 is 5.69 Å². The number of rotatable bonds is 3. The maximum absolute atomic E-state index is 9.42. The first-order valence-corrected chi connectivity index (χ1v) is 5.61. The summed E-state index contributed by atoms with van der Waals surface area (Å²) in [4.78, 5) is 2.03. The monoisotopic (exact) mass is 226 g/mol. The van der Waals surface area contributed by atoms with Crippen molar-refractivity contribution in [2.75, 3.05) is 19.0 Å². The lowest BCUT2D eigenvalue weighted by molar-refractivity contribution is 0.474. The van der Waals surface area contributed by atoms with Gasteiger partial charge in [-0.25, -0.2) is 0 Å². The largest absolute Gasteiger partial charge is 0.508 e. The Labute approximate surface area is 102 Å². The van der Waals surface area contributed by atoms with Crippen LogP contribution in [0.15, 0.2) is 42.5 Å². The fourth-order valence-electron chi connectivity index (χ4n) is 1.77. The van der Waals surface area contributed by atoms with E-state index in [0.29, 0.717) is 5.75 Å². The van der Waals surface area contributed by atoms with Crippen molar-refractivity contribution < 1.29 is 5.11 Å². The van der Waals surface area contributed by atoms with Gasteiger partial charge in [0.2, 0.25) is 0 Å². The SMILES string of the molecule is CN(C)c1[c]ccc(Cc2cccc(O)c2)c1. The molecule has 0 aliphatic rings. The van der Waals surface area contributed by atoms with E-state index in [1.54, 1.807) is 12.1 Å². The summed E-state index contributed by atoms with van der Waals surface area (Å²) in [6, 6.07) is 16.7. The second kappa shape index (κ2) is 4.91. The summed E-state index contributed by atoms with van der Waals surface area (Å²) in [7, 11) is 4.01. The molecule has 0 saturated heterocycles. The van der Waals surface area contributed by atoms with Crippen LogP contribution < -0.4 is 4.90 Å². The third kappa shape index (κ3) is 3.00. The Balaban J connectivity index is 2.21. The molecule has 0 aliphatic carbocycles. The number of nitrogens with zero attached hydrogens (tertiary/aromatic N) is 1. The summed E-state index contributed by atoms with van der Waals surface area (Å²) in [5.74, 6) is 0.317. The molecule has 0 heterocycles. The molecular weight excluding hydrogens is 210 g/mol. The van der Waals surface area contributed by atoms with Crippen LogP contribution in [0.5, 0.6) is 5.75 Å². The zero-order valence-corrected chi connectivity index (χ0v) is 10.1. The molecule has 0 atom stereocenters. The molecule has 0 aliphatic heterocycles. The lowest BCUT2D eigenvalue weighted by Crippen LogP contribution is -2.08. The van der Waals surface area contributed by atoms with Crippen molar-refractivity contribution in [3.05, 3.63) is 59.7 Å². The van der Waals surface area contributed by atoms with E-state index in [1.807, 2.05) is 37.2 Å². The van der Waals surface area contributed by atoms with Gasteiger partial charge >= 0.3 is 0 Å². The number of benzene rings is 2. The normalized spacial score (nSPS) is 10.2. The second-order valence-electron chi connectivity index (χ2n) is 4.32. The molecule has 0 bridgehead atoms. The number of phenolic OH excluding ortho intramolecular Hbond substituents is 1. The van der Waals surface area contributed by atoms with Crippen LogP contribution in [0.2, 0.25) is 0 Å². The van der Waals surface area contributed by atoms with E-state index in [4.69, 9.17) is 0 Å². The van der Waals surface area contributed by atoms with Crippen molar-refractivity contribution in [1.29, 1.82) is 0 Å². The Hall–Kier alpha value is -1.96. The van der Waals surface area contributed by atoms with Crippen LogP contribution in [0.3, 0.4) is 0 Å². The molecule has 0 saturated carbocycles. The molecule has 87 valence electrons. The summed E-state index contributed by atoms with van der Waals surface area (Å²) in [6.45, 7) is 0. The van der Waals surface area contributed by atoms with Crippen LogP contribution in [-0.4, -0.2) is 19.2 Å². The Morgan fingerprint density at radius 2 is 1.88 bits per heavy atom. The van der Waals surface area contributed by atoms with Crippen LogP contribution in [0, 0.1) is 6.07 Å². The van der Waals surface area contributed by atoms with E-state index >= 15 is 0 Å². The van der Waals surface area contributed by atoms with Crippen LogP contribution in [0.1, 0.15) is 11.1 Å². The summed E-state index contributed by atoms with van der Waals surface area (Å²) in [5, 5.41) is 9.42. The lowest BCUT2D eigenvalue weighted by Gasteiger charge is -2.13. The van der Waals surface area contributed by atoms with Crippen molar-refractivity contribution in [3.63, 3.8) is 0 Å². The summed E-state index contributed by atoms with van der Waals surface area (Å²) < 4.78 is 0. The van der Waals surface area contributed by atoms with Crippen molar-refractivity contribution in [1.82, 2.24) is 0 Å². The molecule has 17 heavy (non-hydrogen) atoms. The smallest absolute Gasteiger partial charge is 0.115 e. The highest BCUT2D eigenvalue weighted by Crippen LogP contribution is 2.18. The number of hydrogen-bond acceptors (Lipinski definition) is 2. The molecule has 0 fully saturated rings. The first kappa shape index (κ1) is 11.5. The van der Waals surface area contributed by atoms with Gasteiger partial charge in [0, 0.05) is 25.8 Å². The minimum atomic E-state index is 0.317. The second-order valence-corrected chi connectivity index (χ2v) is 4.32. The van der Waals surface area contributed by atoms with Crippen LogP contribution in [-0.2, 0) is 6.42 Å². The molecule has 0 amide bonds. The topological polar surface area (TPSA) is 23.5 Å². The Bertz CT molecular complexity index is 506. The average Bonchev–Trinajstić information content (AvgIpc) is 2.29. The number of phenols is 1. The molecule has 2 aromatic carbocycles. The molecule has 1 radical (unpaired) electrons. The summed E-state index contributed by atoms with van der Waals surface area (Å²) >= 11 is 0. The predicted octanol–water partition coefficient (Wildman–Crippen LogP) is 2.85. The molecule has 0 spiro atoms. The lowest BCUT2D eigenvalue weighted by atomic mass is 10.0. The third-order valence-electron chi connectivity index (χ3n) is 2.65. The highest BCUT2D eigenvalue weighted by atomic mass is 16.3. The van der Waals surface area contributed by atoms with E-state index in [0.717, 1.165) is 17.7 Å². The van der Waals surface area contributed by atoms with Gasteiger partial charge in [-0.1, -0.05) is 24.3 Å². The van der Waals surface area contributed by atoms with Gasteiger partial charge in [0.1, 0.15) is 5.75 Å². The number of anilines is 1. The van der Waals surface area contributed by atoms with Gasteiger partial charge in [-0.3, -0.25) is 0 Å². The molecule has 2 aromatic rings. The van der Waals surface area contributed by atoms with Crippen LogP contribution in [0.4, 0.5) is 5.69 Å². The Kier molecular flexibility index (Phi) is 3.33. The zero-order valence-electron chi connectivity index (χ0n) is 10.1. The fraction of sp³-hybridized carbons (Fsp3) is 0.200. The molecule has 0 aromatic heterocycles. The van der Waals surface area contributed by atoms with E-state index in [1.165, 1.54) is 5.56 Å². The van der Waals surface area contributed by atoms with E-state index in [-0.39, 0.29) is 0 Å². The highest BCUT2D eigenvalue weighted by Gasteiger charge is 2.00. The quantitative estimate of drug-likeness (QED) is 0.870. The van der Waals surface area contributed by atoms with Crippen LogP contribution >= 0.6 is 0 Å². The Morgan fingerprint density at radius 1 is 1.12 bits per heavy atom. The van der Waals surface area contributed by atoms with Gasteiger partial charge < -0.3 is 10.0 Å². The Morgan fingerprint density at radius 3 is 2.59 bits per heavy atom. The van der Waals surface area contributed by atoms with E-state index in [9.17, 15) is 5.11 Å². The van der Waals surface area contributed by atoms with Crippen LogP contribution in [0.25, 0.3) is 0 Å². The van der Waals surface area contributed by atoms with Gasteiger partial charge in [-0.2, -0.15) is 0 Å². The number of aromatic hydroxyl groups is 1. The van der Waals surface area contributed by atoms with Crippen molar-refractivity contribution in [2.45, 2.75) is 6.42 Å². The molecule has 0 unspecified atom stereocenters. The molecule has 2 nitrogen and oxygen atoms in total. The van der Waals surface area contributed by atoms with Gasteiger partial charge in [-0.15, -0.1) is 0 Å².